The van der Waals surface area contributed by atoms with Crippen LogP contribution in [0.2, 0.25) is 0 Å². The van der Waals surface area contributed by atoms with Gasteiger partial charge in [0.1, 0.15) is 6.61 Å². The smallest absolute Gasteiger partial charge is 0.250 e. The number of rotatable bonds is 11. The number of hydrogen-bond donors (Lipinski definition) is 2. The molecular formula is C15H24N2O4. The molecule has 6 nitrogen and oxygen atoms in total. The Hall–Kier alpha value is -1.47. The molecule has 0 aromatic heterocycles. The number of carbonyl (C=O) groups excluding carboxylic acids is 1. The van der Waals surface area contributed by atoms with Gasteiger partial charge in [-0.15, -0.1) is 0 Å². The maximum atomic E-state index is 11.6. The zero-order valence-corrected chi connectivity index (χ0v) is 12.5. The monoisotopic (exact) mass is 296 g/mol. The maximum absolute atomic E-state index is 11.6. The Morgan fingerprint density at radius 3 is 2.48 bits per heavy atom. The second-order valence-electron chi connectivity index (χ2n) is 4.46. The van der Waals surface area contributed by atoms with Crippen molar-refractivity contribution >= 4 is 11.6 Å². The van der Waals surface area contributed by atoms with Crippen molar-refractivity contribution < 1.29 is 19.0 Å². The predicted molar refractivity (Wildman–Crippen MR) is 81.1 cm³/mol. The number of amides is 1. The standard InChI is InChI=1S/C15H24N2O4/c1-19-7-2-8-20-9-10-21-12-15(18)17-14-5-3-13(11-16)4-6-14/h3-6H,2,7-12,16H2,1H3,(H,17,18). The van der Waals surface area contributed by atoms with Crippen molar-refractivity contribution in [1.29, 1.82) is 0 Å². The Bertz CT molecular complexity index is 395. The van der Waals surface area contributed by atoms with Gasteiger partial charge in [0, 0.05) is 32.6 Å². The summed E-state index contributed by atoms with van der Waals surface area (Å²) in [6.45, 7) is 2.69. The molecule has 1 rings (SSSR count). The first-order chi connectivity index (χ1) is 10.3. The lowest BCUT2D eigenvalue weighted by Crippen LogP contribution is -2.20. The summed E-state index contributed by atoms with van der Waals surface area (Å²) < 4.78 is 15.4. The van der Waals surface area contributed by atoms with Gasteiger partial charge in [0.25, 0.3) is 0 Å². The Morgan fingerprint density at radius 2 is 1.81 bits per heavy atom. The highest BCUT2D eigenvalue weighted by atomic mass is 16.5. The van der Waals surface area contributed by atoms with E-state index in [2.05, 4.69) is 5.32 Å². The maximum Gasteiger partial charge on any atom is 0.250 e. The van der Waals surface area contributed by atoms with E-state index in [0.717, 1.165) is 17.7 Å². The van der Waals surface area contributed by atoms with Crippen molar-refractivity contribution in [3.05, 3.63) is 29.8 Å². The van der Waals surface area contributed by atoms with Crippen molar-refractivity contribution in [2.24, 2.45) is 5.73 Å². The fourth-order valence-electron chi connectivity index (χ4n) is 1.61. The molecular weight excluding hydrogens is 272 g/mol. The number of carbonyl (C=O) groups is 1. The third kappa shape index (κ3) is 8.41. The van der Waals surface area contributed by atoms with Gasteiger partial charge in [-0.05, 0) is 24.1 Å². The van der Waals surface area contributed by atoms with Crippen LogP contribution in [0, 0.1) is 0 Å². The van der Waals surface area contributed by atoms with Crippen LogP contribution in [-0.2, 0) is 25.5 Å². The minimum atomic E-state index is -0.185. The van der Waals surface area contributed by atoms with Crippen LogP contribution in [-0.4, -0.2) is 46.1 Å². The van der Waals surface area contributed by atoms with E-state index in [1.54, 1.807) is 7.11 Å². The molecule has 0 bridgehead atoms. The van der Waals surface area contributed by atoms with Crippen LogP contribution in [0.25, 0.3) is 0 Å². The summed E-state index contributed by atoms with van der Waals surface area (Å²) in [5, 5.41) is 2.75. The molecule has 0 heterocycles. The number of benzene rings is 1. The molecule has 21 heavy (non-hydrogen) atoms. The van der Waals surface area contributed by atoms with Gasteiger partial charge in [0.2, 0.25) is 5.91 Å². The van der Waals surface area contributed by atoms with E-state index in [4.69, 9.17) is 19.9 Å². The number of nitrogens with one attached hydrogen (secondary N) is 1. The molecule has 1 aromatic rings. The summed E-state index contributed by atoms with van der Waals surface area (Å²) >= 11 is 0. The Labute approximate surface area is 125 Å². The highest BCUT2D eigenvalue weighted by Gasteiger charge is 2.02. The van der Waals surface area contributed by atoms with Crippen LogP contribution in [0.15, 0.2) is 24.3 Å². The molecule has 0 aliphatic rings. The van der Waals surface area contributed by atoms with E-state index in [1.165, 1.54) is 0 Å². The van der Waals surface area contributed by atoms with E-state index < -0.39 is 0 Å². The molecule has 1 aromatic carbocycles. The lowest BCUT2D eigenvalue weighted by Gasteiger charge is -2.07. The topological polar surface area (TPSA) is 82.8 Å². The van der Waals surface area contributed by atoms with Crippen molar-refractivity contribution in [2.45, 2.75) is 13.0 Å². The summed E-state index contributed by atoms with van der Waals surface area (Å²) in [4.78, 5) is 11.6. The fraction of sp³-hybridized carbons (Fsp3) is 0.533. The number of methoxy groups -OCH3 is 1. The number of ether oxygens (including phenoxy) is 3. The average molecular weight is 296 g/mol. The highest BCUT2D eigenvalue weighted by Crippen LogP contribution is 2.08. The molecule has 1 amide bonds. The van der Waals surface area contributed by atoms with Gasteiger partial charge in [0.05, 0.1) is 13.2 Å². The van der Waals surface area contributed by atoms with Gasteiger partial charge >= 0.3 is 0 Å². The summed E-state index contributed by atoms with van der Waals surface area (Å²) in [6, 6.07) is 7.40. The average Bonchev–Trinajstić information content (AvgIpc) is 2.50. The zero-order valence-electron chi connectivity index (χ0n) is 12.5. The first-order valence-electron chi connectivity index (χ1n) is 6.99. The van der Waals surface area contributed by atoms with Crippen LogP contribution in [0.1, 0.15) is 12.0 Å². The lowest BCUT2D eigenvalue weighted by atomic mass is 10.2. The second kappa shape index (κ2) is 11.2. The third-order valence-electron chi connectivity index (χ3n) is 2.72. The molecule has 0 atom stereocenters. The molecule has 0 radical (unpaired) electrons. The molecule has 0 saturated heterocycles. The summed E-state index contributed by atoms with van der Waals surface area (Å²) in [5.74, 6) is -0.185. The van der Waals surface area contributed by atoms with Gasteiger partial charge in [0.15, 0.2) is 0 Å². The first kappa shape index (κ1) is 17.6. The van der Waals surface area contributed by atoms with Crippen molar-refractivity contribution in [3.63, 3.8) is 0 Å². The van der Waals surface area contributed by atoms with Gasteiger partial charge in [-0.25, -0.2) is 0 Å². The molecule has 0 unspecified atom stereocenters. The van der Waals surface area contributed by atoms with Crippen LogP contribution in [0.4, 0.5) is 5.69 Å². The molecule has 0 aliphatic carbocycles. The van der Waals surface area contributed by atoms with Crippen molar-refractivity contribution in [1.82, 2.24) is 0 Å². The number of anilines is 1. The summed E-state index contributed by atoms with van der Waals surface area (Å²) in [5.41, 5.74) is 7.26. The Kier molecular flexibility index (Phi) is 9.39. The molecule has 3 N–H and O–H groups in total. The van der Waals surface area contributed by atoms with Crippen molar-refractivity contribution in [2.75, 3.05) is 45.5 Å². The summed E-state index contributed by atoms with van der Waals surface area (Å²) in [7, 11) is 1.66. The molecule has 0 saturated carbocycles. The first-order valence-corrected chi connectivity index (χ1v) is 6.99. The quantitative estimate of drug-likeness (QED) is 0.599. The van der Waals surface area contributed by atoms with E-state index in [-0.39, 0.29) is 12.5 Å². The highest BCUT2D eigenvalue weighted by molar-refractivity contribution is 5.91. The lowest BCUT2D eigenvalue weighted by molar-refractivity contribution is -0.121. The second-order valence-corrected chi connectivity index (χ2v) is 4.46. The largest absolute Gasteiger partial charge is 0.385 e. The third-order valence-corrected chi connectivity index (χ3v) is 2.72. The number of nitrogens with two attached hydrogens (primary N) is 1. The van der Waals surface area contributed by atoms with Gasteiger partial charge < -0.3 is 25.3 Å². The molecule has 6 heteroatoms. The fourth-order valence-corrected chi connectivity index (χ4v) is 1.61. The van der Waals surface area contributed by atoms with Crippen LogP contribution < -0.4 is 11.1 Å². The minimum absolute atomic E-state index is 0.0140. The van der Waals surface area contributed by atoms with Gasteiger partial charge in [-0.1, -0.05) is 12.1 Å². The van der Waals surface area contributed by atoms with Crippen LogP contribution >= 0.6 is 0 Å². The van der Waals surface area contributed by atoms with E-state index in [9.17, 15) is 4.79 Å². The van der Waals surface area contributed by atoms with Gasteiger partial charge in [-0.2, -0.15) is 0 Å². The van der Waals surface area contributed by atoms with E-state index in [0.29, 0.717) is 33.0 Å². The summed E-state index contributed by atoms with van der Waals surface area (Å²) in [6.07, 6.45) is 0.857. The van der Waals surface area contributed by atoms with Crippen LogP contribution in [0.3, 0.4) is 0 Å². The normalized spacial score (nSPS) is 10.6. The van der Waals surface area contributed by atoms with Crippen molar-refractivity contribution in [3.8, 4) is 0 Å². The Balaban J connectivity index is 2.05. The van der Waals surface area contributed by atoms with E-state index >= 15 is 0 Å². The Morgan fingerprint density at radius 1 is 1.10 bits per heavy atom. The SMILES string of the molecule is COCCCOCCOCC(=O)Nc1ccc(CN)cc1. The molecule has 0 aliphatic heterocycles. The molecule has 0 fully saturated rings. The number of hydrogen-bond acceptors (Lipinski definition) is 5. The van der Waals surface area contributed by atoms with E-state index in [1.807, 2.05) is 24.3 Å². The predicted octanol–water partition coefficient (Wildman–Crippen LogP) is 1.15. The molecule has 118 valence electrons. The minimum Gasteiger partial charge on any atom is -0.385 e. The molecule has 0 spiro atoms. The zero-order chi connectivity index (χ0) is 15.3. The van der Waals surface area contributed by atoms with Gasteiger partial charge in [-0.3, -0.25) is 4.79 Å². The van der Waals surface area contributed by atoms with Crippen LogP contribution in [0.5, 0.6) is 0 Å².